The van der Waals surface area contributed by atoms with Gasteiger partial charge in [0.15, 0.2) is 0 Å². The van der Waals surface area contributed by atoms with Crippen LogP contribution in [0.3, 0.4) is 0 Å². The molecule has 1 aliphatic rings. The fraction of sp³-hybridized carbons (Fsp3) is 0.706. The van der Waals surface area contributed by atoms with Crippen molar-refractivity contribution in [2.75, 3.05) is 0 Å². The van der Waals surface area contributed by atoms with Gasteiger partial charge >= 0.3 is 0 Å². The van der Waals surface area contributed by atoms with Crippen molar-refractivity contribution in [2.45, 2.75) is 74.7 Å². The number of hydrogen-bond acceptors (Lipinski definition) is 1. The topological polar surface area (TPSA) is 23.9 Å². The van der Waals surface area contributed by atoms with E-state index < -0.39 is 0 Å². The highest BCUT2D eigenvalue weighted by Crippen LogP contribution is 2.29. The molecule has 0 saturated heterocycles. The molecule has 1 atom stereocenters. The molecule has 18 heavy (non-hydrogen) atoms. The van der Waals surface area contributed by atoms with Gasteiger partial charge in [-0.25, -0.2) is 0 Å². The third kappa shape index (κ3) is 9.21. The quantitative estimate of drug-likeness (QED) is 0.550. The maximum Gasteiger partial charge on any atom is 0.0212 e. The van der Waals surface area contributed by atoms with Crippen LogP contribution in [0.4, 0.5) is 0 Å². The third-order valence-corrected chi connectivity index (χ3v) is 2.51. The average Bonchev–Trinajstić information content (AvgIpc) is 2.48. The van der Waals surface area contributed by atoms with Crippen LogP contribution in [-0.4, -0.2) is 6.21 Å². The standard InChI is InChI=1S/C11H17N.3C2H6/c1-3-5-11-9(2)6-4-7-10(11)8-12;3*1-2/h3,5,8-9,12H,4,6-7H2,1-2H3;3*1-2H3/b5-3-,12-8?;;;. The Balaban J connectivity index is -0.000000328. The molecule has 0 aromatic heterocycles. The Morgan fingerprint density at radius 2 is 1.56 bits per heavy atom. The van der Waals surface area contributed by atoms with Gasteiger partial charge in [0.25, 0.3) is 0 Å². The number of allylic oxidation sites excluding steroid dienone is 4. The first-order chi connectivity index (χ1) is 8.79. The molecular weight excluding hydrogens is 218 g/mol. The lowest BCUT2D eigenvalue weighted by molar-refractivity contribution is 0.556. The highest BCUT2D eigenvalue weighted by Gasteiger charge is 2.15. The lowest BCUT2D eigenvalue weighted by Crippen LogP contribution is -2.08. The minimum absolute atomic E-state index is 0.645. The van der Waals surface area contributed by atoms with Crippen molar-refractivity contribution in [3.8, 4) is 0 Å². The molecule has 0 fully saturated rings. The lowest BCUT2D eigenvalue weighted by atomic mass is 9.84. The Bertz CT molecular complexity index is 224. The van der Waals surface area contributed by atoms with Crippen LogP contribution in [0.25, 0.3) is 0 Å². The molecule has 0 aromatic carbocycles. The monoisotopic (exact) mass is 253 g/mol. The summed E-state index contributed by atoms with van der Waals surface area (Å²) in [5.74, 6) is 0.645. The molecule has 1 aliphatic carbocycles. The zero-order chi connectivity index (χ0) is 15.0. The van der Waals surface area contributed by atoms with Gasteiger partial charge in [-0.05, 0) is 43.3 Å². The second-order valence-electron chi connectivity index (χ2n) is 3.42. The van der Waals surface area contributed by atoms with E-state index in [9.17, 15) is 0 Å². The largest absolute Gasteiger partial charge is 0.308 e. The highest BCUT2D eigenvalue weighted by atomic mass is 14.3. The summed E-state index contributed by atoms with van der Waals surface area (Å²) in [7, 11) is 0. The van der Waals surface area contributed by atoms with E-state index in [1.54, 1.807) is 0 Å². The van der Waals surface area contributed by atoms with E-state index in [2.05, 4.69) is 19.1 Å². The molecule has 0 heterocycles. The summed E-state index contributed by atoms with van der Waals surface area (Å²) in [4.78, 5) is 0. The van der Waals surface area contributed by atoms with E-state index in [0.29, 0.717) is 5.92 Å². The van der Waals surface area contributed by atoms with Gasteiger partial charge in [-0.15, -0.1) is 0 Å². The van der Waals surface area contributed by atoms with Crippen molar-refractivity contribution >= 4 is 6.21 Å². The second-order valence-corrected chi connectivity index (χ2v) is 3.42. The van der Waals surface area contributed by atoms with Crippen molar-refractivity contribution < 1.29 is 0 Å². The first kappa shape index (κ1) is 22.3. The molecule has 0 saturated carbocycles. The predicted molar refractivity (Wildman–Crippen MR) is 87.7 cm³/mol. The summed E-state index contributed by atoms with van der Waals surface area (Å²) >= 11 is 0. The van der Waals surface area contributed by atoms with Crippen LogP contribution in [0.1, 0.15) is 74.7 Å². The van der Waals surface area contributed by atoms with Gasteiger partial charge in [-0.1, -0.05) is 60.6 Å². The number of hydrogen-bond donors (Lipinski definition) is 1. The molecule has 0 amide bonds. The molecule has 1 nitrogen and oxygen atoms in total. The smallest absolute Gasteiger partial charge is 0.0212 e. The van der Waals surface area contributed by atoms with Crippen molar-refractivity contribution in [1.82, 2.24) is 0 Å². The molecule has 0 aliphatic heterocycles. The average molecular weight is 253 g/mol. The van der Waals surface area contributed by atoms with Crippen molar-refractivity contribution in [1.29, 1.82) is 5.41 Å². The lowest BCUT2D eigenvalue weighted by Gasteiger charge is -2.21. The molecule has 1 N–H and O–H groups in total. The second kappa shape index (κ2) is 18.5. The molecule has 108 valence electrons. The van der Waals surface area contributed by atoms with Crippen LogP contribution < -0.4 is 0 Å². The molecule has 0 bridgehead atoms. The van der Waals surface area contributed by atoms with Crippen LogP contribution in [-0.2, 0) is 0 Å². The molecule has 1 unspecified atom stereocenters. The maximum absolute atomic E-state index is 7.28. The van der Waals surface area contributed by atoms with E-state index in [-0.39, 0.29) is 0 Å². The molecule has 0 radical (unpaired) electrons. The summed E-state index contributed by atoms with van der Waals surface area (Å²) in [5, 5.41) is 7.28. The summed E-state index contributed by atoms with van der Waals surface area (Å²) in [6.45, 7) is 16.3. The molecule has 0 aromatic rings. The van der Waals surface area contributed by atoms with Gasteiger partial charge in [-0.3, -0.25) is 0 Å². The Hall–Kier alpha value is -0.850. The fourth-order valence-corrected chi connectivity index (χ4v) is 1.82. The normalized spacial score (nSPS) is 17.7. The van der Waals surface area contributed by atoms with E-state index >= 15 is 0 Å². The van der Waals surface area contributed by atoms with E-state index in [1.165, 1.54) is 30.2 Å². The van der Waals surface area contributed by atoms with Gasteiger partial charge in [0.2, 0.25) is 0 Å². The number of nitrogens with one attached hydrogen (secondary N) is 1. The van der Waals surface area contributed by atoms with Gasteiger partial charge in [0, 0.05) is 6.21 Å². The van der Waals surface area contributed by atoms with E-state index in [4.69, 9.17) is 5.41 Å². The Morgan fingerprint density at radius 1 is 1.06 bits per heavy atom. The molecule has 1 rings (SSSR count). The van der Waals surface area contributed by atoms with Gasteiger partial charge in [-0.2, -0.15) is 0 Å². The Labute approximate surface area is 116 Å². The van der Waals surface area contributed by atoms with Crippen LogP contribution >= 0.6 is 0 Å². The van der Waals surface area contributed by atoms with Crippen LogP contribution in [0.2, 0.25) is 0 Å². The van der Waals surface area contributed by atoms with Crippen molar-refractivity contribution in [2.24, 2.45) is 5.92 Å². The van der Waals surface area contributed by atoms with Gasteiger partial charge < -0.3 is 5.41 Å². The SMILES string of the molecule is C/C=C\C1=C(C=N)CCCC1C.CC.CC.CC. The van der Waals surface area contributed by atoms with Crippen LogP contribution in [0.5, 0.6) is 0 Å². The highest BCUT2D eigenvalue weighted by molar-refractivity contribution is 5.78. The minimum atomic E-state index is 0.645. The third-order valence-electron chi connectivity index (χ3n) is 2.51. The Morgan fingerprint density at radius 3 is 1.94 bits per heavy atom. The van der Waals surface area contributed by atoms with Gasteiger partial charge in [0.1, 0.15) is 0 Å². The van der Waals surface area contributed by atoms with Crippen molar-refractivity contribution in [3.05, 3.63) is 23.3 Å². The molecular formula is C17H35N. The summed E-state index contributed by atoms with van der Waals surface area (Å²) in [5.41, 5.74) is 2.60. The molecule has 0 spiro atoms. The fourth-order valence-electron chi connectivity index (χ4n) is 1.82. The van der Waals surface area contributed by atoms with Crippen molar-refractivity contribution in [3.63, 3.8) is 0 Å². The number of rotatable bonds is 2. The minimum Gasteiger partial charge on any atom is -0.308 e. The zero-order valence-corrected chi connectivity index (χ0v) is 13.9. The van der Waals surface area contributed by atoms with E-state index in [1.807, 2.05) is 48.5 Å². The zero-order valence-electron chi connectivity index (χ0n) is 13.9. The molecule has 1 heteroatoms. The first-order valence-corrected chi connectivity index (χ1v) is 7.65. The van der Waals surface area contributed by atoms with E-state index in [0.717, 1.165) is 6.42 Å². The van der Waals surface area contributed by atoms with Gasteiger partial charge in [0.05, 0.1) is 0 Å². The predicted octanol–water partition coefficient (Wildman–Crippen LogP) is 6.41. The van der Waals surface area contributed by atoms with Crippen LogP contribution in [0.15, 0.2) is 23.3 Å². The maximum atomic E-state index is 7.28. The summed E-state index contributed by atoms with van der Waals surface area (Å²) in [6.07, 6.45) is 9.35. The summed E-state index contributed by atoms with van der Waals surface area (Å²) in [6, 6.07) is 0. The summed E-state index contributed by atoms with van der Waals surface area (Å²) < 4.78 is 0. The van der Waals surface area contributed by atoms with Crippen LogP contribution in [0, 0.1) is 11.3 Å². The first-order valence-electron chi connectivity index (χ1n) is 7.65. The Kier molecular flexibility index (Phi) is 23.0.